The molecule has 9 nitrogen and oxygen atoms in total. The van der Waals surface area contributed by atoms with E-state index in [4.69, 9.17) is 4.74 Å². The van der Waals surface area contributed by atoms with Gasteiger partial charge in [0.2, 0.25) is 5.13 Å². The van der Waals surface area contributed by atoms with Crippen molar-refractivity contribution in [1.29, 1.82) is 0 Å². The summed E-state index contributed by atoms with van der Waals surface area (Å²) >= 11 is 1.09. The van der Waals surface area contributed by atoms with E-state index in [9.17, 15) is 14.4 Å². The van der Waals surface area contributed by atoms with Crippen molar-refractivity contribution in [2.75, 3.05) is 26.3 Å². The maximum Gasteiger partial charge on any atom is 0.357 e. The second kappa shape index (κ2) is 8.72. The Hall–Kier alpha value is -2.49. The third-order valence-electron chi connectivity index (χ3n) is 2.24. The monoisotopic (exact) mass is 329 g/mol. The number of thiazole rings is 1. The van der Waals surface area contributed by atoms with Gasteiger partial charge in [-0.1, -0.05) is 0 Å². The molecular formula is C12H15N3O6S. The molecular weight excluding hydrogens is 314 g/mol. The Balaban J connectivity index is 2.79. The molecule has 0 saturated heterocycles. The molecule has 120 valence electrons. The summed E-state index contributed by atoms with van der Waals surface area (Å²) in [5.41, 5.74) is 2.43. The second-order valence-electron chi connectivity index (χ2n) is 3.67. The molecule has 0 amide bonds. The van der Waals surface area contributed by atoms with Gasteiger partial charge in [-0.05, 0) is 6.92 Å². The number of nitrogens with zero attached hydrogens (tertiary/aromatic N) is 2. The Morgan fingerprint density at radius 2 is 2.05 bits per heavy atom. The minimum atomic E-state index is -0.778. The molecule has 0 saturated carbocycles. The van der Waals surface area contributed by atoms with E-state index in [0.29, 0.717) is 0 Å². The first-order valence-electron chi connectivity index (χ1n) is 6.12. The Bertz CT molecular complexity index is 583. The van der Waals surface area contributed by atoms with Crippen molar-refractivity contribution < 1.29 is 28.6 Å². The number of hydrazone groups is 1. The molecule has 0 atom stereocenters. The SMILES string of the molecule is CCOC(=O)c1csc(N/N=C(/CC(=O)OC)C(=O)OC)n1. The highest BCUT2D eigenvalue weighted by Crippen LogP contribution is 2.16. The Morgan fingerprint density at radius 3 is 2.64 bits per heavy atom. The highest BCUT2D eigenvalue weighted by atomic mass is 32.1. The lowest BCUT2D eigenvalue weighted by molar-refractivity contribution is -0.140. The Labute approximate surface area is 130 Å². The normalized spacial score (nSPS) is 10.8. The molecule has 0 aliphatic carbocycles. The fourth-order valence-corrected chi connectivity index (χ4v) is 1.84. The molecule has 1 rings (SSSR count). The Morgan fingerprint density at radius 1 is 1.32 bits per heavy atom. The predicted octanol–water partition coefficient (Wildman–Crippen LogP) is 0.824. The maximum absolute atomic E-state index is 11.5. The molecule has 0 fully saturated rings. The summed E-state index contributed by atoms with van der Waals surface area (Å²) in [6.45, 7) is 1.92. The van der Waals surface area contributed by atoms with Gasteiger partial charge in [-0.2, -0.15) is 5.10 Å². The molecule has 0 radical (unpaired) electrons. The smallest absolute Gasteiger partial charge is 0.357 e. The molecule has 1 aromatic rings. The van der Waals surface area contributed by atoms with Gasteiger partial charge >= 0.3 is 17.9 Å². The molecule has 0 spiro atoms. The molecule has 1 heterocycles. The van der Waals surface area contributed by atoms with Gasteiger partial charge in [0.05, 0.1) is 27.2 Å². The number of ether oxygens (including phenoxy) is 3. The van der Waals surface area contributed by atoms with E-state index in [1.54, 1.807) is 6.92 Å². The highest BCUT2D eigenvalue weighted by Gasteiger charge is 2.18. The van der Waals surface area contributed by atoms with E-state index in [1.165, 1.54) is 12.5 Å². The van der Waals surface area contributed by atoms with Crippen LogP contribution in [0.1, 0.15) is 23.8 Å². The van der Waals surface area contributed by atoms with Gasteiger partial charge in [0.25, 0.3) is 0 Å². The summed E-state index contributed by atoms with van der Waals surface area (Å²) in [4.78, 5) is 38.1. The maximum atomic E-state index is 11.5. The lowest BCUT2D eigenvalue weighted by Gasteiger charge is -2.03. The molecule has 0 bridgehead atoms. The lowest BCUT2D eigenvalue weighted by Crippen LogP contribution is -2.21. The molecule has 0 aliphatic heterocycles. The van der Waals surface area contributed by atoms with Crippen molar-refractivity contribution in [3.8, 4) is 0 Å². The van der Waals surface area contributed by atoms with Crippen LogP contribution in [0.4, 0.5) is 5.13 Å². The van der Waals surface area contributed by atoms with Gasteiger partial charge in [-0.15, -0.1) is 11.3 Å². The van der Waals surface area contributed by atoms with Crippen LogP contribution in [-0.2, 0) is 23.8 Å². The number of anilines is 1. The van der Waals surface area contributed by atoms with E-state index < -0.39 is 17.9 Å². The molecule has 1 aromatic heterocycles. The first-order valence-corrected chi connectivity index (χ1v) is 7.00. The van der Waals surface area contributed by atoms with Gasteiger partial charge in [0.15, 0.2) is 11.4 Å². The fraction of sp³-hybridized carbons (Fsp3) is 0.417. The van der Waals surface area contributed by atoms with Crippen molar-refractivity contribution >= 4 is 40.1 Å². The van der Waals surface area contributed by atoms with Crippen LogP contribution in [0.15, 0.2) is 10.5 Å². The number of aromatic nitrogens is 1. The quantitative estimate of drug-likeness (QED) is 0.338. The predicted molar refractivity (Wildman–Crippen MR) is 77.8 cm³/mol. The van der Waals surface area contributed by atoms with E-state index in [2.05, 4.69) is 25.0 Å². The number of hydrogen-bond acceptors (Lipinski definition) is 10. The third-order valence-corrected chi connectivity index (χ3v) is 2.98. The van der Waals surface area contributed by atoms with Crippen LogP contribution in [-0.4, -0.2) is 49.4 Å². The number of esters is 3. The molecule has 10 heteroatoms. The van der Waals surface area contributed by atoms with Crippen molar-refractivity contribution in [2.45, 2.75) is 13.3 Å². The summed E-state index contributed by atoms with van der Waals surface area (Å²) < 4.78 is 13.8. The summed E-state index contributed by atoms with van der Waals surface area (Å²) in [6, 6.07) is 0. The fourth-order valence-electron chi connectivity index (χ4n) is 1.22. The summed E-state index contributed by atoms with van der Waals surface area (Å²) in [6.07, 6.45) is -0.355. The topological polar surface area (TPSA) is 116 Å². The van der Waals surface area contributed by atoms with Crippen LogP contribution in [0.5, 0.6) is 0 Å². The van der Waals surface area contributed by atoms with Crippen LogP contribution < -0.4 is 5.43 Å². The number of nitrogens with one attached hydrogen (secondary N) is 1. The Kier molecular flexibility index (Phi) is 6.96. The van der Waals surface area contributed by atoms with Crippen LogP contribution in [0.2, 0.25) is 0 Å². The third kappa shape index (κ3) is 5.13. The van der Waals surface area contributed by atoms with E-state index in [0.717, 1.165) is 18.4 Å². The van der Waals surface area contributed by atoms with Crippen molar-refractivity contribution in [2.24, 2.45) is 5.10 Å². The standard InChI is InChI=1S/C12H15N3O6S/c1-4-21-11(18)8-6-22-12(13-8)15-14-7(10(17)20-3)5-9(16)19-2/h6H,4-5H2,1-3H3,(H,13,15)/b14-7-. The van der Waals surface area contributed by atoms with E-state index in [-0.39, 0.29) is 29.6 Å². The highest BCUT2D eigenvalue weighted by molar-refractivity contribution is 7.13. The largest absolute Gasteiger partial charge is 0.469 e. The van der Waals surface area contributed by atoms with E-state index in [1.807, 2.05) is 0 Å². The average molecular weight is 329 g/mol. The van der Waals surface area contributed by atoms with Gasteiger partial charge in [0.1, 0.15) is 0 Å². The van der Waals surface area contributed by atoms with Gasteiger partial charge in [-0.3, -0.25) is 10.2 Å². The molecule has 1 N–H and O–H groups in total. The van der Waals surface area contributed by atoms with Gasteiger partial charge < -0.3 is 14.2 Å². The van der Waals surface area contributed by atoms with Crippen LogP contribution >= 0.6 is 11.3 Å². The summed E-state index contributed by atoms with van der Waals surface area (Å²) in [5, 5.41) is 5.50. The van der Waals surface area contributed by atoms with Crippen molar-refractivity contribution in [3.63, 3.8) is 0 Å². The van der Waals surface area contributed by atoms with Crippen molar-refractivity contribution in [1.82, 2.24) is 4.98 Å². The summed E-state index contributed by atoms with van der Waals surface area (Å²) in [5.74, 6) is -1.98. The first-order chi connectivity index (χ1) is 10.5. The molecule has 0 aromatic carbocycles. The minimum absolute atomic E-state index is 0.122. The number of carbonyl (C=O) groups is 3. The zero-order chi connectivity index (χ0) is 16.5. The zero-order valence-electron chi connectivity index (χ0n) is 12.2. The number of carbonyl (C=O) groups excluding carboxylic acids is 3. The minimum Gasteiger partial charge on any atom is -0.469 e. The lowest BCUT2D eigenvalue weighted by atomic mass is 10.3. The van der Waals surface area contributed by atoms with Crippen LogP contribution in [0, 0.1) is 0 Å². The number of rotatable bonds is 7. The number of hydrogen-bond donors (Lipinski definition) is 1. The second-order valence-corrected chi connectivity index (χ2v) is 4.53. The number of methoxy groups -OCH3 is 2. The summed E-state index contributed by atoms with van der Waals surface area (Å²) in [7, 11) is 2.36. The molecule has 0 aliphatic rings. The van der Waals surface area contributed by atoms with Gasteiger partial charge in [0, 0.05) is 5.38 Å². The molecule has 22 heavy (non-hydrogen) atoms. The first kappa shape index (κ1) is 17.6. The van der Waals surface area contributed by atoms with Crippen LogP contribution in [0.25, 0.3) is 0 Å². The van der Waals surface area contributed by atoms with Gasteiger partial charge in [-0.25, -0.2) is 14.6 Å². The average Bonchev–Trinajstić information content (AvgIpc) is 2.99. The zero-order valence-corrected chi connectivity index (χ0v) is 13.1. The van der Waals surface area contributed by atoms with E-state index >= 15 is 0 Å². The molecule has 0 unspecified atom stereocenters. The van der Waals surface area contributed by atoms with Crippen molar-refractivity contribution in [3.05, 3.63) is 11.1 Å². The van der Waals surface area contributed by atoms with Crippen LogP contribution in [0.3, 0.4) is 0 Å².